The Balaban J connectivity index is 1.55. The van der Waals surface area contributed by atoms with Crippen LogP contribution in [0, 0.1) is 0 Å². The number of nitrogens with zero attached hydrogens (tertiary/aromatic N) is 2. The molecule has 0 aliphatic heterocycles. The molecular formula is C27H26ClN3OS. The lowest BCUT2D eigenvalue weighted by molar-refractivity contribution is -0.121. The normalized spacial score (nSPS) is 12.0. The van der Waals surface area contributed by atoms with Gasteiger partial charge in [0.15, 0.2) is 0 Å². The number of para-hydroxylation sites is 1. The molecule has 1 heterocycles. The molecule has 0 aliphatic carbocycles. The lowest BCUT2D eigenvalue weighted by atomic mass is 10.1. The summed E-state index contributed by atoms with van der Waals surface area (Å²) < 4.78 is 0. The van der Waals surface area contributed by atoms with Crippen molar-refractivity contribution in [1.82, 2.24) is 9.88 Å². The molecule has 0 spiro atoms. The number of rotatable bonds is 9. The van der Waals surface area contributed by atoms with Crippen molar-refractivity contribution in [2.75, 3.05) is 5.32 Å². The number of carbonyl (C=O) groups excluding carboxylic acids is 1. The minimum Gasteiger partial charge on any atom is -0.324 e. The standard InChI is InChI=1S/C27H26ClN3OS/c1-20(31(17-21-10-4-2-5-11-21)18-22-12-6-3-7-13-22)26(32)30-25-15-9-8-14-24(25)27-29-23(16-28)19-33-27/h2-15,19-20H,16-18H2,1H3,(H,30,32). The van der Waals surface area contributed by atoms with Crippen molar-refractivity contribution >= 4 is 34.5 Å². The molecule has 1 N–H and O–H groups in total. The van der Waals surface area contributed by atoms with Crippen LogP contribution in [0.2, 0.25) is 0 Å². The highest BCUT2D eigenvalue weighted by atomic mass is 35.5. The fourth-order valence-corrected chi connectivity index (χ4v) is 4.73. The largest absolute Gasteiger partial charge is 0.324 e. The summed E-state index contributed by atoms with van der Waals surface area (Å²) in [7, 11) is 0. The number of halogens is 1. The smallest absolute Gasteiger partial charge is 0.241 e. The number of hydrogen-bond acceptors (Lipinski definition) is 4. The third kappa shape index (κ3) is 6.08. The summed E-state index contributed by atoms with van der Waals surface area (Å²) in [5, 5.41) is 5.94. The highest BCUT2D eigenvalue weighted by Gasteiger charge is 2.23. The molecule has 168 valence electrons. The summed E-state index contributed by atoms with van der Waals surface area (Å²) in [6, 6.07) is 27.9. The third-order valence-corrected chi connectivity index (χ3v) is 6.69. The highest BCUT2D eigenvalue weighted by molar-refractivity contribution is 7.13. The van der Waals surface area contributed by atoms with Gasteiger partial charge in [-0.2, -0.15) is 0 Å². The predicted octanol–water partition coefficient (Wildman–Crippen LogP) is 6.58. The van der Waals surface area contributed by atoms with Crippen molar-refractivity contribution in [3.63, 3.8) is 0 Å². The molecular weight excluding hydrogens is 450 g/mol. The molecule has 4 aromatic rings. The monoisotopic (exact) mass is 475 g/mol. The maximum Gasteiger partial charge on any atom is 0.241 e. The molecule has 1 amide bonds. The second-order valence-corrected chi connectivity index (χ2v) is 8.99. The quantitative estimate of drug-likeness (QED) is 0.278. The van der Waals surface area contributed by atoms with E-state index in [1.54, 1.807) is 0 Å². The minimum atomic E-state index is -0.340. The number of hydrogen-bond donors (Lipinski definition) is 1. The molecule has 4 rings (SSSR count). The van der Waals surface area contributed by atoms with E-state index in [1.165, 1.54) is 22.5 Å². The zero-order valence-corrected chi connectivity index (χ0v) is 20.0. The summed E-state index contributed by atoms with van der Waals surface area (Å²) in [6.07, 6.45) is 0. The van der Waals surface area contributed by atoms with Crippen molar-refractivity contribution < 1.29 is 4.79 Å². The van der Waals surface area contributed by atoms with Crippen LogP contribution < -0.4 is 5.32 Å². The Morgan fingerprint density at radius 1 is 0.939 bits per heavy atom. The molecule has 4 nitrogen and oxygen atoms in total. The molecule has 1 atom stereocenters. The zero-order valence-electron chi connectivity index (χ0n) is 18.4. The van der Waals surface area contributed by atoms with Gasteiger partial charge in [-0.3, -0.25) is 9.69 Å². The molecule has 0 saturated heterocycles. The lowest BCUT2D eigenvalue weighted by Gasteiger charge is -2.29. The van der Waals surface area contributed by atoms with Gasteiger partial charge in [-0.15, -0.1) is 22.9 Å². The van der Waals surface area contributed by atoms with Crippen molar-refractivity contribution in [3.05, 3.63) is 107 Å². The predicted molar refractivity (Wildman–Crippen MR) is 137 cm³/mol. The van der Waals surface area contributed by atoms with E-state index >= 15 is 0 Å². The maximum atomic E-state index is 13.4. The first-order valence-electron chi connectivity index (χ1n) is 10.9. The second-order valence-electron chi connectivity index (χ2n) is 7.86. The molecule has 0 saturated carbocycles. The molecule has 0 aliphatic rings. The van der Waals surface area contributed by atoms with Crippen LogP contribution in [-0.4, -0.2) is 21.8 Å². The van der Waals surface area contributed by atoms with Crippen LogP contribution in [0.5, 0.6) is 0 Å². The summed E-state index contributed by atoms with van der Waals surface area (Å²) in [5.41, 5.74) is 4.83. The Hall–Kier alpha value is -2.99. The van der Waals surface area contributed by atoms with Gasteiger partial charge in [-0.25, -0.2) is 4.98 Å². The van der Waals surface area contributed by atoms with E-state index in [2.05, 4.69) is 39.5 Å². The van der Waals surface area contributed by atoms with Gasteiger partial charge in [-0.05, 0) is 30.2 Å². The second kappa shape index (κ2) is 11.2. The summed E-state index contributed by atoms with van der Waals surface area (Å²) >= 11 is 7.46. The van der Waals surface area contributed by atoms with Gasteiger partial charge in [0.2, 0.25) is 5.91 Å². The molecule has 1 aromatic heterocycles. The fourth-order valence-electron chi connectivity index (χ4n) is 3.64. The van der Waals surface area contributed by atoms with E-state index in [9.17, 15) is 4.79 Å². The number of anilines is 1. The maximum absolute atomic E-state index is 13.4. The van der Waals surface area contributed by atoms with Crippen molar-refractivity contribution in [2.45, 2.75) is 31.9 Å². The van der Waals surface area contributed by atoms with Crippen LogP contribution in [0.1, 0.15) is 23.7 Å². The van der Waals surface area contributed by atoms with Crippen LogP contribution >= 0.6 is 22.9 Å². The van der Waals surface area contributed by atoms with Crippen LogP contribution in [-0.2, 0) is 23.8 Å². The first-order valence-corrected chi connectivity index (χ1v) is 12.3. The number of alkyl halides is 1. The summed E-state index contributed by atoms with van der Waals surface area (Å²) in [4.78, 5) is 20.2. The van der Waals surface area contributed by atoms with E-state index in [0.29, 0.717) is 19.0 Å². The van der Waals surface area contributed by atoms with E-state index in [4.69, 9.17) is 11.6 Å². The molecule has 0 radical (unpaired) electrons. The van der Waals surface area contributed by atoms with E-state index in [0.717, 1.165) is 22.0 Å². The fraction of sp³-hybridized carbons (Fsp3) is 0.185. The van der Waals surface area contributed by atoms with Crippen LogP contribution in [0.3, 0.4) is 0 Å². The Kier molecular flexibility index (Phi) is 7.89. The number of thiazole rings is 1. The van der Waals surface area contributed by atoms with Crippen LogP contribution in [0.25, 0.3) is 10.6 Å². The number of nitrogens with one attached hydrogen (secondary N) is 1. The SMILES string of the molecule is CC(C(=O)Nc1ccccc1-c1nc(CCl)cs1)N(Cc1ccccc1)Cc1ccccc1. The average molecular weight is 476 g/mol. The van der Waals surface area contributed by atoms with Crippen molar-refractivity contribution in [2.24, 2.45) is 0 Å². The van der Waals surface area contributed by atoms with E-state index in [-0.39, 0.29) is 11.9 Å². The zero-order chi connectivity index (χ0) is 23.0. The number of benzene rings is 3. The van der Waals surface area contributed by atoms with Gasteiger partial charge in [0.1, 0.15) is 5.01 Å². The number of carbonyl (C=O) groups is 1. The average Bonchev–Trinajstić information content (AvgIpc) is 3.34. The Bertz CT molecular complexity index is 1140. The van der Waals surface area contributed by atoms with E-state index in [1.807, 2.05) is 73.0 Å². The summed E-state index contributed by atoms with van der Waals surface area (Å²) in [5.74, 6) is 0.319. The van der Waals surface area contributed by atoms with Gasteiger partial charge in [0, 0.05) is 24.0 Å². The Morgan fingerprint density at radius 3 is 2.09 bits per heavy atom. The molecule has 33 heavy (non-hydrogen) atoms. The molecule has 3 aromatic carbocycles. The number of amides is 1. The van der Waals surface area contributed by atoms with Gasteiger partial charge in [0.25, 0.3) is 0 Å². The van der Waals surface area contributed by atoms with Crippen molar-refractivity contribution in [1.29, 1.82) is 0 Å². The Morgan fingerprint density at radius 2 is 1.52 bits per heavy atom. The van der Waals surface area contributed by atoms with Gasteiger partial charge in [0.05, 0.1) is 23.3 Å². The minimum absolute atomic E-state index is 0.0524. The molecule has 0 fully saturated rings. The first kappa shape index (κ1) is 23.2. The lowest BCUT2D eigenvalue weighted by Crippen LogP contribution is -2.41. The van der Waals surface area contributed by atoms with Gasteiger partial charge >= 0.3 is 0 Å². The highest BCUT2D eigenvalue weighted by Crippen LogP contribution is 2.31. The first-order chi connectivity index (χ1) is 16.1. The van der Waals surface area contributed by atoms with E-state index < -0.39 is 0 Å². The summed E-state index contributed by atoms with van der Waals surface area (Å²) in [6.45, 7) is 3.31. The molecule has 0 bridgehead atoms. The Labute approximate surface area is 203 Å². The third-order valence-electron chi connectivity index (χ3n) is 5.49. The van der Waals surface area contributed by atoms with Gasteiger partial charge in [-0.1, -0.05) is 72.8 Å². The topological polar surface area (TPSA) is 45.2 Å². The van der Waals surface area contributed by atoms with Crippen LogP contribution in [0.4, 0.5) is 5.69 Å². The van der Waals surface area contributed by atoms with Crippen LogP contribution in [0.15, 0.2) is 90.3 Å². The molecule has 6 heteroatoms. The van der Waals surface area contributed by atoms with Gasteiger partial charge < -0.3 is 5.32 Å². The number of aromatic nitrogens is 1. The van der Waals surface area contributed by atoms with Crippen molar-refractivity contribution in [3.8, 4) is 10.6 Å². The molecule has 1 unspecified atom stereocenters.